The van der Waals surface area contributed by atoms with Crippen molar-refractivity contribution in [2.24, 2.45) is 5.10 Å². The SMILES string of the molecule is CC(=NNC(=O)CCN1CCN(C)CC1)c1ccccn1.Cl. The lowest BCUT2D eigenvalue weighted by Gasteiger charge is -2.32. The molecule has 0 bridgehead atoms. The number of hydrazone groups is 1. The second-order valence-electron chi connectivity index (χ2n) is 5.34. The topological polar surface area (TPSA) is 60.8 Å². The average Bonchev–Trinajstić information content (AvgIpc) is 2.53. The quantitative estimate of drug-likeness (QED) is 0.647. The van der Waals surface area contributed by atoms with Gasteiger partial charge in [0.2, 0.25) is 5.91 Å². The van der Waals surface area contributed by atoms with Crippen molar-refractivity contribution in [3.8, 4) is 0 Å². The number of likely N-dealkylation sites (N-methyl/N-ethyl adjacent to an activating group) is 1. The van der Waals surface area contributed by atoms with E-state index in [-0.39, 0.29) is 18.3 Å². The first-order valence-corrected chi connectivity index (χ1v) is 7.30. The van der Waals surface area contributed by atoms with Crippen LogP contribution >= 0.6 is 12.4 Å². The largest absolute Gasteiger partial charge is 0.304 e. The van der Waals surface area contributed by atoms with Gasteiger partial charge < -0.3 is 9.80 Å². The fraction of sp³-hybridized carbons (Fsp3) is 0.533. The second kappa shape index (κ2) is 9.50. The van der Waals surface area contributed by atoms with E-state index in [1.165, 1.54) is 0 Å². The number of nitrogens with zero attached hydrogens (tertiary/aromatic N) is 4. The zero-order valence-corrected chi connectivity index (χ0v) is 14.0. The summed E-state index contributed by atoms with van der Waals surface area (Å²) >= 11 is 0. The summed E-state index contributed by atoms with van der Waals surface area (Å²) in [4.78, 5) is 20.6. The summed E-state index contributed by atoms with van der Waals surface area (Å²) in [5, 5.41) is 4.10. The molecule has 0 aromatic carbocycles. The standard InChI is InChI=1S/C15H23N5O.ClH/c1-13(14-5-3-4-7-16-14)17-18-15(21)6-8-20-11-9-19(2)10-12-20;/h3-5,7H,6,8-12H2,1-2H3,(H,18,21);1H. The average molecular weight is 326 g/mol. The number of piperazine rings is 1. The number of carbonyl (C=O) groups is 1. The Balaban J connectivity index is 0.00000242. The van der Waals surface area contributed by atoms with Gasteiger partial charge in [0, 0.05) is 45.3 Å². The van der Waals surface area contributed by atoms with Crippen molar-refractivity contribution >= 4 is 24.0 Å². The molecule has 0 spiro atoms. The summed E-state index contributed by atoms with van der Waals surface area (Å²) in [7, 11) is 2.12. The molecule has 22 heavy (non-hydrogen) atoms. The van der Waals surface area contributed by atoms with Crippen LogP contribution in [-0.4, -0.2) is 66.2 Å². The van der Waals surface area contributed by atoms with Crippen molar-refractivity contribution in [2.75, 3.05) is 39.8 Å². The van der Waals surface area contributed by atoms with Crippen LogP contribution in [0.5, 0.6) is 0 Å². The van der Waals surface area contributed by atoms with E-state index in [2.05, 4.69) is 32.4 Å². The van der Waals surface area contributed by atoms with Gasteiger partial charge in [0.1, 0.15) is 0 Å². The van der Waals surface area contributed by atoms with Crippen molar-refractivity contribution < 1.29 is 4.79 Å². The normalized spacial score (nSPS) is 16.9. The summed E-state index contributed by atoms with van der Waals surface area (Å²) in [6.07, 6.45) is 2.19. The van der Waals surface area contributed by atoms with Crippen molar-refractivity contribution in [3.63, 3.8) is 0 Å². The molecule has 2 heterocycles. The van der Waals surface area contributed by atoms with Crippen molar-refractivity contribution in [2.45, 2.75) is 13.3 Å². The molecule has 6 nitrogen and oxygen atoms in total. The molecule has 0 aliphatic carbocycles. The number of pyridine rings is 1. The van der Waals surface area contributed by atoms with Gasteiger partial charge in [-0.1, -0.05) is 6.07 Å². The predicted molar refractivity (Wildman–Crippen MR) is 90.4 cm³/mol. The Kier molecular flexibility index (Phi) is 8.01. The molecule has 0 radical (unpaired) electrons. The number of aromatic nitrogens is 1. The van der Waals surface area contributed by atoms with Gasteiger partial charge in [-0.05, 0) is 26.1 Å². The van der Waals surface area contributed by atoms with Gasteiger partial charge in [-0.2, -0.15) is 5.10 Å². The molecule has 7 heteroatoms. The van der Waals surface area contributed by atoms with Crippen LogP contribution in [0.2, 0.25) is 0 Å². The lowest BCUT2D eigenvalue weighted by atomic mass is 10.3. The lowest BCUT2D eigenvalue weighted by molar-refractivity contribution is -0.121. The Morgan fingerprint density at radius 3 is 2.68 bits per heavy atom. The minimum absolute atomic E-state index is 0. The predicted octanol–water partition coefficient (Wildman–Crippen LogP) is 0.981. The van der Waals surface area contributed by atoms with E-state index < -0.39 is 0 Å². The van der Waals surface area contributed by atoms with E-state index >= 15 is 0 Å². The summed E-state index contributed by atoms with van der Waals surface area (Å²) in [5.74, 6) is -0.0517. The van der Waals surface area contributed by atoms with Gasteiger partial charge in [0.25, 0.3) is 0 Å². The maximum absolute atomic E-state index is 11.8. The molecule has 1 aliphatic heterocycles. The Labute approximate surface area is 138 Å². The van der Waals surface area contributed by atoms with Gasteiger partial charge in [-0.15, -0.1) is 12.4 Å². The minimum atomic E-state index is -0.0517. The molecule has 2 rings (SSSR count). The number of amides is 1. The van der Waals surface area contributed by atoms with E-state index in [1.807, 2.05) is 25.1 Å². The van der Waals surface area contributed by atoms with E-state index in [1.54, 1.807) is 6.20 Å². The first-order chi connectivity index (χ1) is 10.1. The summed E-state index contributed by atoms with van der Waals surface area (Å²) in [5.41, 5.74) is 4.09. The maximum atomic E-state index is 11.8. The molecular weight excluding hydrogens is 302 g/mol. The fourth-order valence-corrected chi connectivity index (χ4v) is 2.17. The van der Waals surface area contributed by atoms with E-state index in [0.29, 0.717) is 12.1 Å². The van der Waals surface area contributed by atoms with E-state index in [9.17, 15) is 4.79 Å². The van der Waals surface area contributed by atoms with Crippen molar-refractivity contribution in [1.82, 2.24) is 20.2 Å². The van der Waals surface area contributed by atoms with Crippen LogP contribution in [0, 0.1) is 0 Å². The van der Waals surface area contributed by atoms with Crippen molar-refractivity contribution in [3.05, 3.63) is 30.1 Å². The number of hydrogen-bond donors (Lipinski definition) is 1. The molecule has 1 aromatic heterocycles. The lowest BCUT2D eigenvalue weighted by Crippen LogP contribution is -2.45. The molecule has 0 saturated carbocycles. The molecule has 122 valence electrons. The van der Waals surface area contributed by atoms with Gasteiger partial charge >= 0.3 is 0 Å². The Bertz CT molecular complexity index is 486. The Morgan fingerprint density at radius 2 is 2.05 bits per heavy atom. The zero-order chi connectivity index (χ0) is 15.1. The van der Waals surface area contributed by atoms with Crippen LogP contribution in [-0.2, 0) is 4.79 Å². The van der Waals surface area contributed by atoms with E-state index in [4.69, 9.17) is 0 Å². The molecule has 1 saturated heterocycles. The molecule has 1 aliphatic rings. The number of halogens is 1. The van der Waals surface area contributed by atoms with Gasteiger partial charge in [-0.25, -0.2) is 5.43 Å². The molecule has 1 N–H and O–H groups in total. The summed E-state index contributed by atoms with van der Waals surface area (Å²) in [6, 6.07) is 5.62. The number of nitrogens with one attached hydrogen (secondary N) is 1. The second-order valence-corrected chi connectivity index (χ2v) is 5.34. The number of carbonyl (C=O) groups excluding carboxylic acids is 1. The molecule has 0 atom stereocenters. The fourth-order valence-electron chi connectivity index (χ4n) is 2.17. The van der Waals surface area contributed by atoms with Crippen LogP contribution in [0.1, 0.15) is 19.0 Å². The van der Waals surface area contributed by atoms with Crippen LogP contribution in [0.4, 0.5) is 0 Å². The highest BCUT2D eigenvalue weighted by atomic mass is 35.5. The van der Waals surface area contributed by atoms with E-state index in [0.717, 1.165) is 38.4 Å². The zero-order valence-electron chi connectivity index (χ0n) is 13.2. The highest BCUT2D eigenvalue weighted by molar-refractivity contribution is 5.97. The third kappa shape index (κ3) is 6.09. The molecule has 1 fully saturated rings. The molecular formula is C15H24ClN5O. The highest BCUT2D eigenvalue weighted by Gasteiger charge is 2.14. The Morgan fingerprint density at radius 1 is 1.32 bits per heavy atom. The first kappa shape index (κ1) is 18.5. The van der Waals surface area contributed by atoms with Gasteiger partial charge in [0.15, 0.2) is 0 Å². The number of rotatable bonds is 5. The summed E-state index contributed by atoms with van der Waals surface area (Å²) in [6.45, 7) is 6.82. The Hall–Kier alpha value is -1.50. The van der Waals surface area contributed by atoms with Crippen molar-refractivity contribution in [1.29, 1.82) is 0 Å². The van der Waals surface area contributed by atoms with Crippen LogP contribution in [0.15, 0.2) is 29.5 Å². The third-order valence-electron chi connectivity index (χ3n) is 3.63. The smallest absolute Gasteiger partial charge is 0.241 e. The molecule has 1 amide bonds. The third-order valence-corrected chi connectivity index (χ3v) is 3.63. The van der Waals surface area contributed by atoms with Gasteiger partial charge in [-0.3, -0.25) is 9.78 Å². The van der Waals surface area contributed by atoms with Gasteiger partial charge in [0.05, 0.1) is 11.4 Å². The molecule has 0 unspecified atom stereocenters. The van der Waals surface area contributed by atoms with Crippen LogP contribution < -0.4 is 5.43 Å². The number of hydrogen-bond acceptors (Lipinski definition) is 5. The minimum Gasteiger partial charge on any atom is -0.304 e. The van der Waals surface area contributed by atoms with Crippen LogP contribution in [0.3, 0.4) is 0 Å². The highest BCUT2D eigenvalue weighted by Crippen LogP contribution is 2.00. The van der Waals surface area contributed by atoms with Crippen LogP contribution in [0.25, 0.3) is 0 Å². The monoisotopic (exact) mass is 325 g/mol. The molecule has 1 aromatic rings. The first-order valence-electron chi connectivity index (χ1n) is 7.30. The summed E-state index contributed by atoms with van der Waals surface area (Å²) < 4.78 is 0. The maximum Gasteiger partial charge on any atom is 0.241 e.